The fourth-order valence-corrected chi connectivity index (χ4v) is 11.4. The molecule has 5 saturated carbocycles. The maximum Gasteiger partial charge on any atom is 0.335 e. The summed E-state index contributed by atoms with van der Waals surface area (Å²) in [6.07, 6.45) is 15.4. The van der Waals surface area contributed by atoms with Gasteiger partial charge in [-0.05, 0) is 134 Å². The average Bonchev–Trinajstić information content (AvgIpc) is 3.29. The van der Waals surface area contributed by atoms with Gasteiger partial charge in [-0.1, -0.05) is 39.3 Å². The van der Waals surface area contributed by atoms with E-state index >= 15 is 0 Å². The molecule has 10 unspecified atom stereocenters. The first-order valence-electron chi connectivity index (χ1n) is 14.5. The van der Waals surface area contributed by atoms with Gasteiger partial charge in [-0.2, -0.15) is 0 Å². The van der Waals surface area contributed by atoms with Crippen molar-refractivity contribution < 1.29 is 14.7 Å². The Morgan fingerprint density at radius 3 is 2.26 bits per heavy atom. The monoisotopic (exact) mass is 476 g/mol. The molecule has 6 rings (SSSR count). The molecule has 10 atom stereocenters. The van der Waals surface area contributed by atoms with Crippen molar-refractivity contribution in [1.82, 2.24) is 0 Å². The van der Waals surface area contributed by atoms with Gasteiger partial charge in [0.1, 0.15) is 6.29 Å². The van der Waals surface area contributed by atoms with E-state index in [0.717, 1.165) is 36.5 Å². The molecule has 3 heteroatoms. The second-order valence-electron chi connectivity index (χ2n) is 13.9. The maximum absolute atomic E-state index is 12.2. The molecule has 190 valence electrons. The first-order valence-corrected chi connectivity index (χ1v) is 14.5. The smallest absolute Gasteiger partial charge is 0.335 e. The van der Waals surface area contributed by atoms with Crippen molar-refractivity contribution >= 4 is 12.3 Å². The van der Waals surface area contributed by atoms with E-state index in [4.69, 9.17) is 0 Å². The molecule has 0 saturated heterocycles. The highest BCUT2D eigenvalue weighted by Gasteiger charge is 2.64. The molecule has 5 aliphatic rings. The molecule has 0 aromatic heterocycles. The number of aromatic carboxylic acids is 1. The highest BCUT2D eigenvalue weighted by atomic mass is 16.4. The number of carboxylic acids is 1. The van der Waals surface area contributed by atoms with Gasteiger partial charge in [0, 0.05) is 5.41 Å². The second-order valence-corrected chi connectivity index (χ2v) is 13.9. The molecule has 3 nitrogen and oxygen atoms in total. The highest BCUT2D eigenvalue weighted by molar-refractivity contribution is 5.87. The number of carbonyl (C=O) groups is 2. The van der Waals surface area contributed by atoms with Crippen molar-refractivity contribution in [1.29, 1.82) is 0 Å². The van der Waals surface area contributed by atoms with Crippen molar-refractivity contribution in [3.63, 3.8) is 0 Å². The van der Waals surface area contributed by atoms with Gasteiger partial charge in [-0.3, -0.25) is 0 Å². The molecule has 0 radical (unpaired) electrons. The summed E-state index contributed by atoms with van der Waals surface area (Å²) in [5, 5.41) is 9.30. The summed E-state index contributed by atoms with van der Waals surface area (Å²) >= 11 is 0. The van der Waals surface area contributed by atoms with Crippen molar-refractivity contribution in [3.8, 4) is 0 Å². The minimum Gasteiger partial charge on any atom is -0.478 e. The van der Waals surface area contributed by atoms with Gasteiger partial charge in [0.25, 0.3) is 0 Å². The lowest BCUT2D eigenvalue weighted by atomic mass is 9.37. The van der Waals surface area contributed by atoms with E-state index in [1.54, 1.807) is 12.1 Å². The summed E-state index contributed by atoms with van der Waals surface area (Å²) in [6.45, 7) is 7.80. The second kappa shape index (κ2) is 8.18. The average molecular weight is 477 g/mol. The Labute approximate surface area is 211 Å². The highest BCUT2D eigenvalue weighted by Crippen LogP contribution is 2.72. The predicted octanol–water partition coefficient (Wildman–Crippen LogP) is 7.74. The van der Waals surface area contributed by atoms with E-state index in [9.17, 15) is 14.7 Å². The summed E-state index contributed by atoms with van der Waals surface area (Å²) in [5.41, 5.74) is 2.58. The lowest BCUT2D eigenvalue weighted by Gasteiger charge is -2.67. The van der Waals surface area contributed by atoms with Gasteiger partial charge in [-0.25, -0.2) is 4.79 Å². The Balaban J connectivity index is 1.25. The van der Waals surface area contributed by atoms with Gasteiger partial charge in [-0.15, -0.1) is 0 Å². The van der Waals surface area contributed by atoms with Crippen LogP contribution < -0.4 is 0 Å². The molecule has 1 aromatic rings. The van der Waals surface area contributed by atoms with E-state index < -0.39 is 5.97 Å². The Bertz CT molecular complexity index is 999. The van der Waals surface area contributed by atoms with E-state index in [-0.39, 0.29) is 5.41 Å². The summed E-state index contributed by atoms with van der Waals surface area (Å²) < 4.78 is 0. The molecule has 1 aromatic carbocycles. The predicted molar refractivity (Wildman–Crippen MR) is 138 cm³/mol. The summed E-state index contributed by atoms with van der Waals surface area (Å²) in [6, 6.07) is 7.74. The fourth-order valence-electron chi connectivity index (χ4n) is 11.4. The van der Waals surface area contributed by atoms with Crippen LogP contribution in [0.15, 0.2) is 24.3 Å². The minimum absolute atomic E-state index is 0.0221. The van der Waals surface area contributed by atoms with Crippen molar-refractivity contribution in [2.24, 2.45) is 51.8 Å². The maximum atomic E-state index is 12.2. The van der Waals surface area contributed by atoms with Crippen LogP contribution in [0.2, 0.25) is 0 Å². The molecular weight excluding hydrogens is 432 g/mol. The third kappa shape index (κ3) is 3.28. The number of rotatable bonds is 3. The minimum atomic E-state index is -0.839. The van der Waals surface area contributed by atoms with E-state index in [1.807, 2.05) is 0 Å². The van der Waals surface area contributed by atoms with E-state index in [0.29, 0.717) is 34.1 Å². The van der Waals surface area contributed by atoms with Gasteiger partial charge >= 0.3 is 5.97 Å². The molecule has 1 N–H and O–H groups in total. The summed E-state index contributed by atoms with van der Waals surface area (Å²) in [7, 11) is 0. The van der Waals surface area contributed by atoms with Crippen molar-refractivity contribution in [2.45, 2.75) is 97.3 Å². The van der Waals surface area contributed by atoms with Crippen LogP contribution in [0.3, 0.4) is 0 Å². The Hall–Kier alpha value is -1.64. The molecule has 35 heavy (non-hydrogen) atoms. The SMILES string of the molecule is CC1C(c2ccc(C(=O)O)cc2)CCC2(C)C1CCC1(C)C3CCC4(C=O)CCCC4C3CCC21. The number of hydrogen-bond acceptors (Lipinski definition) is 2. The number of aldehydes is 1. The van der Waals surface area contributed by atoms with E-state index in [1.165, 1.54) is 69.6 Å². The Morgan fingerprint density at radius 1 is 0.857 bits per heavy atom. The molecule has 0 spiro atoms. The zero-order valence-electron chi connectivity index (χ0n) is 22.0. The normalized spacial score (nSPS) is 48.7. The largest absolute Gasteiger partial charge is 0.478 e. The number of carboxylic acid groups (broad SMARTS) is 1. The fraction of sp³-hybridized carbons (Fsp3) is 0.750. The lowest BCUT2D eigenvalue weighted by Crippen LogP contribution is -2.60. The number of fused-ring (bicyclic) bond motifs is 7. The van der Waals surface area contributed by atoms with Gasteiger partial charge in [0.05, 0.1) is 5.56 Å². The van der Waals surface area contributed by atoms with Crippen LogP contribution in [0.5, 0.6) is 0 Å². The van der Waals surface area contributed by atoms with Crippen LogP contribution in [0.4, 0.5) is 0 Å². The number of carbonyl (C=O) groups excluding carboxylic acids is 1. The van der Waals surface area contributed by atoms with Gasteiger partial charge < -0.3 is 9.90 Å². The molecule has 0 aliphatic heterocycles. The standard InChI is InChI=1S/C32H44O3/c1-20-23(21-6-8-22(9-7-21)29(34)35)12-16-30(2)25(20)13-17-31(3)26-14-18-32(19-33)15-4-5-27(32)24(26)10-11-28(30)31/h6-9,19-20,23-28H,4-5,10-18H2,1-3H3,(H,34,35). The van der Waals surface area contributed by atoms with Crippen LogP contribution in [0, 0.1) is 51.8 Å². The number of benzene rings is 1. The van der Waals surface area contributed by atoms with Crippen LogP contribution in [0.25, 0.3) is 0 Å². The zero-order chi connectivity index (χ0) is 24.6. The quantitative estimate of drug-likeness (QED) is 0.454. The van der Waals surface area contributed by atoms with Crippen LogP contribution in [0.1, 0.15) is 113 Å². The summed E-state index contributed by atoms with van der Waals surface area (Å²) in [4.78, 5) is 23.6. The van der Waals surface area contributed by atoms with Crippen LogP contribution >= 0.6 is 0 Å². The van der Waals surface area contributed by atoms with Crippen molar-refractivity contribution in [3.05, 3.63) is 35.4 Å². The molecule has 0 bridgehead atoms. The van der Waals surface area contributed by atoms with Crippen LogP contribution in [-0.4, -0.2) is 17.4 Å². The third-order valence-corrected chi connectivity index (χ3v) is 13.0. The van der Waals surface area contributed by atoms with Gasteiger partial charge in [0.2, 0.25) is 0 Å². The molecule has 0 amide bonds. The zero-order valence-corrected chi connectivity index (χ0v) is 22.0. The molecule has 0 heterocycles. The van der Waals surface area contributed by atoms with Gasteiger partial charge in [0.15, 0.2) is 0 Å². The molecular formula is C32H44O3. The first-order chi connectivity index (χ1) is 16.7. The molecule has 5 fully saturated rings. The van der Waals surface area contributed by atoms with Crippen LogP contribution in [-0.2, 0) is 4.79 Å². The lowest BCUT2D eigenvalue weighted by molar-refractivity contribution is -0.184. The van der Waals surface area contributed by atoms with Crippen molar-refractivity contribution in [2.75, 3.05) is 0 Å². The molecule has 5 aliphatic carbocycles. The third-order valence-electron chi connectivity index (χ3n) is 13.0. The summed E-state index contributed by atoms with van der Waals surface area (Å²) in [5.74, 6) is 4.14. The Morgan fingerprint density at radius 2 is 1.54 bits per heavy atom. The topological polar surface area (TPSA) is 54.4 Å². The Kier molecular flexibility index (Phi) is 5.55. The first kappa shape index (κ1) is 23.7. The number of hydrogen-bond donors (Lipinski definition) is 1. The van der Waals surface area contributed by atoms with E-state index in [2.05, 4.69) is 32.9 Å².